The molecular weight excluding hydrogens is 376 g/mol. The van der Waals surface area contributed by atoms with Gasteiger partial charge in [-0.3, -0.25) is 9.59 Å². The van der Waals surface area contributed by atoms with Crippen LogP contribution >= 0.6 is 11.3 Å². The molecule has 1 aromatic carbocycles. The van der Waals surface area contributed by atoms with Crippen LogP contribution in [-0.2, 0) is 9.53 Å². The summed E-state index contributed by atoms with van der Waals surface area (Å²) in [6.45, 7) is 6.41. The van der Waals surface area contributed by atoms with E-state index in [0.717, 1.165) is 16.1 Å². The van der Waals surface area contributed by atoms with Gasteiger partial charge in [0, 0.05) is 20.3 Å². The molecule has 0 spiro atoms. The molecule has 2 heterocycles. The van der Waals surface area contributed by atoms with Gasteiger partial charge in [0.25, 0.3) is 5.91 Å². The number of thiazole rings is 1. The lowest BCUT2D eigenvalue weighted by Gasteiger charge is -2.27. The maximum Gasteiger partial charge on any atom is 0.290 e. The van der Waals surface area contributed by atoms with E-state index in [-0.39, 0.29) is 11.4 Å². The normalized spacial score (nSPS) is 16.9. The van der Waals surface area contributed by atoms with Crippen LogP contribution in [0.3, 0.4) is 0 Å². The Labute approximate surface area is 168 Å². The topological polar surface area (TPSA) is 79.7 Å². The summed E-state index contributed by atoms with van der Waals surface area (Å²) >= 11 is 1.28. The minimum Gasteiger partial charge on any atom is -0.503 e. The molecule has 148 valence electrons. The van der Waals surface area contributed by atoms with E-state index < -0.39 is 17.7 Å². The van der Waals surface area contributed by atoms with Crippen molar-refractivity contribution in [2.24, 2.45) is 0 Å². The molecule has 0 fully saturated rings. The van der Waals surface area contributed by atoms with Crippen LogP contribution in [0.2, 0.25) is 0 Å². The summed E-state index contributed by atoms with van der Waals surface area (Å²) in [4.78, 5) is 32.5. The van der Waals surface area contributed by atoms with Gasteiger partial charge in [0.1, 0.15) is 0 Å². The van der Waals surface area contributed by atoms with Gasteiger partial charge in [-0.2, -0.15) is 0 Å². The molecule has 1 aliphatic rings. The molecule has 1 aromatic heterocycles. The third-order valence-corrected chi connectivity index (χ3v) is 5.96. The van der Waals surface area contributed by atoms with Gasteiger partial charge in [0.05, 0.1) is 27.2 Å². The van der Waals surface area contributed by atoms with Crippen LogP contribution in [0.25, 0.3) is 0 Å². The number of benzene rings is 1. The van der Waals surface area contributed by atoms with Crippen LogP contribution in [0.5, 0.6) is 0 Å². The van der Waals surface area contributed by atoms with E-state index in [9.17, 15) is 14.7 Å². The van der Waals surface area contributed by atoms with Gasteiger partial charge < -0.3 is 14.7 Å². The fourth-order valence-electron chi connectivity index (χ4n) is 3.58. The van der Waals surface area contributed by atoms with Gasteiger partial charge in [0.2, 0.25) is 5.78 Å². The van der Waals surface area contributed by atoms with Crippen molar-refractivity contribution in [1.82, 2.24) is 9.88 Å². The maximum atomic E-state index is 13.4. The number of aliphatic hydroxyl groups excluding tert-OH is 1. The number of nitrogens with zero attached hydrogens (tertiary/aromatic N) is 2. The standard InChI is InChI=1S/C21H24N2O4S/c1-12-8-5-6-9-15(12)17-16(18(24)20-13(2)22-14(3)28-20)19(25)21(26)23(17)10-7-11-27-4/h5-6,8-9,17,25H,7,10-11H2,1-4H3. The lowest BCUT2D eigenvalue weighted by molar-refractivity contribution is -0.129. The molecule has 0 saturated carbocycles. The molecule has 3 rings (SSSR count). The predicted molar refractivity (Wildman–Crippen MR) is 108 cm³/mol. The number of aromatic nitrogens is 1. The van der Waals surface area contributed by atoms with Crippen LogP contribution in [0.1, 0.15) is 44.0 Å². The first-order valence-electron chi connectivity index (χ1n) is 9.14. The third-order valence-electron chi connectivity index (χ3n) is 4.89. The first kappa shape index (κ1) is 20.2. The van der Waals surface area contributed by atoms with E-state index in [1.165, 1.54) is 11.3 Å². The Balaban J connectivity index is 2.09. The highest BCUT2D eigenvalue weighted by molar-refractivity contribution is 7.14. The zero-order valence-corrected chi connectivity index (χ0v) is 17.3. The molecule has 1 N–H and O–H groups in total. The second-order valence-corrected chi connectivity index (χ2v) is 8.05. The highest BCUT2D eigenvalue weighted by Crippen LogP contribution is 2.41. The van der Waals surface area contributed by atoms with Gasteiger partial charge in [-0.25, -0.2) is 4.98 Å². The summed E-state index contributed by atoms with van der Waals surface area (Å²) in [5.74, 6) is -1.33. The monoisotopic (exact) mass is 400 g/mol. The van der Waals surface area contributed by atoms with Crippen molar-refractivity contribution in [2.75, 3.05) is 20.3 Å². The largest absolute Gasteiger partial charge is 0.503 e. The molecular formula is C21H24N2O4S. The molecule has 6 nitrogen and oxygen atoms in total. The number of aliphatic hydroxyl groups is 1. The number of methoxy groups -OCH3 is 1. The molecule has 1 atom stereocenters. The summed E-state index contributed by atoms with van der Waals surface area (Å²) in [5, 5.41) is 11.4. The predicted octanol–water partition coefficient (Wildman–Crippen LogP) is 3.68. The average Bonchev–Trinajstić information content (AvgIpc) is 3.12. The number of ether oxygens (including phenoxy) is 1. The molecule has 28 heavy (non-hydrogen) atoms. The summed E-state index contributed by atoms with van der Waals surface area (Å²) in [6.07, 6.45) is 0.609. The molecule has 1 unspecified atom stereocenters. The van der Waals surface area contributed by atoms with Crippen LogP contribution in [-0.4, -0.2) is 46.9 Å². The number of hydrogen-bond acceptors (Lipinski definition) is 6. The Morgan fingerprint density at radius 3 is 2.61 bits per heavy atom. The highest BCUT2D eigenvalue weighted by Gasteiger charge is 2.44. The Hall–Kier alpha value is -2.51. The fourth-order valence-corrected chi connectivity index (χ4v) is 4.45. The smallest absolute Gasteiger partial charge is 0.290 e. The minimum atomic E-state index is -0.625. The van der Waals surface area contributed by atoms with Crippen molar-refractivity contribution in [2.45, 2.75) is 33.2 Å². The second-order valence-electron chi connectivity index (χ2n) is 6.84. The van der Waals surface area contributed by atoms with Crippen molar-refractivity contribution < 1.29 is 19.4 Å². The molecule has 2 aromatic rings. The maximum absolute atomic E-state index is 13.4. The number of ketones is 1. The first-order valence-corrected chi connectivity index (χ1v) is 9.95. The molecule has 0 saturated heterocycles. The second kappa shape index (κ2) is 8.24. The Morgan fingerprint density at radius 2 is 2.00 bits per heavy atom. The molecule has 1 amide bonds. The van der Waals surface area contributed by atoms with Crippen molar-refractivity contribution in [3.8, 4) is 0 Å². The van der Waals surface area contributed by atoms with Crippen molar-refractivity contribution in [3.05, 3.63) is 62.3 Å². The van der Waals surface area contributed by atoms with Gasteiger partial charge in [-0.1, -0.05) is 24.3 Å². The quantitative estimate of drug-likeness (QED) is 0.566. The molecule has 1 aliphatic heterocycles. The van der Waals surface area contributed by atoms with Crippen LogP contribution < -0.4 is 0 Å². The van der Waals surface area contributed by atoms with Crippen molar-refractivity contribution in [3.63, 3.8) is 0 Å². The third kappa shape index (κ3) is 3.59. The number of aryl methyl sites for hydroxylation is 3. The Morgan fingerprint density at radius 1 is 1.29 bits per heavy atom. The van der Waals surface area contributed by atoms with Crippen LogP contribution in [0.4, 0.5) is 0 Å². The lowest BCUT2D eigenvalue weighted by Crippen LogP contribution is -2.33. The SMILES string of the molecule is COCCCN1C(=O)C(O)=C(C(=O)c2sc(C)nc2C)C1c1ccccc1C. The van der Waals surface area contributed by atoms with Crippen LogP contribution in [0, 0.1) is 20.8 Å². The lowest BCUT2D eigenvalue weighted by atomic mass is 9.92. The first-order chi connectivity index (χ1) is 13.4. The van der Waals surface area contributed by atoms with E-state index in [1.807, 2.05) is 38.1 Å². The number of carbonyl (C=O) groups excluding carboxylic acids is 2. The minimum absolute atomic E-state index is 0.128. The molecule has 0 radical (unpaired) electrons. The van der Waals surface area contributed by atoms with E-state index >= 15 is 0 Å². The fraction of sp³-hybridized carbons (Fsp3) is 0.381. The summed E-state index contributed by atoms with van der Waals surface area (Å²) < 4.78 is 5.10. The summed E-state index contributed by atoms with van der Waals surface area (Å²) in [5.41, 5.74) is 2.53. The Kier molecular flexibility index (Phi) is 5.96. The van der Waals surface area contributed by atoms with E-state index in [0.29, 0.717) is 30.1 Å². The zero-order chi connectivity index (χ0) is 20.4. The zero-order valence-electron chi connectivity index (χ0n) is 16.5. The molecule has 0 bridgehead atoms. The van der Waals surface area contributed by atoms with Crippen molar-refractivity contribution in [1.29, 1.82) is 0 Å². The number of carbonyl (C=O) groups is 2. The van der Waals surface area contributed by atoms with Gasteiger partial charge in [-0.05, 0) is 38.3 Å². The number of hydrogen-bond donors (Lipinski definition) is 1. The van der Waals surface area contributed by atoms with Gasteiger partial charge in [-0.15, -0.1) is 11.3 Å². The highest BCUT2D eigenvalue weighted by atomic mass is 32.1. The summed E-state index contributed by atoms with van der Waals surface area (Å²) in [6, 6.07) is 6.99. The van der Waals surface area contributed by atoms with Gasteiger partial charge >= 0.3 is 0 Å². The number of amides is 1. The van der Waals surface area contributed by atoms with Crippen molar-refractivity contribution >= 4 is 23.0 Å². The number of Topliss-reactive ketones (excluding diaryl/α,β-unsaturated/α-hetero) is 1. The van der Waals surface area contributed by atoms with E-state index in [4.69, 9.17) is 4.74 Å². The number of rotatable bonds is 7. The van der Waals surface area contributed by atoms with Gasteiger partial charge in [0.15, 0.2) is 5.76 Å². The van der Waals surface area contributed by atoms with E-state index in [1.54, 1.807) is 18.9 Å². The molecule has 7 heteroatoms. The average molecular weight is 401 g/mol. The van der Waals surface area contributed by atoms with E-state index in [2.05, 4.69) is 4.98 Å². The molecule has 0 aliphatic carbocycles. The van der Waals surface area contributed by atoms with Crippen LogP contribution in [0.15, 0.2) is 35.6 Å². The Bertz CT molecular complexity index is 948. The summed E-state index contributed by atoms with van der Waals surface area (Å²) in [7, 11) is 1.60.